The Hall–Kier alpha value is -2.89. The molecular weight excluding hydrogens is 436 g/mol. The van der Waals surface area contributed by atoms with E-state index in [-0.39, 0.29) is 18.0 Å². The van der Waals surface area contributed by atoms with E-state index in [1.165, 1.54) is 12.1 Å². The van der Waals surface area contributed by atoms with Crippen LogP contribution in [0.4, 0.5) is 0 Å². The van der Waals surface area contributed by atoms with Crippen molar-refractivity contribution in [3.8, 4) is 23.0 Å². The molecule has 6 unspecified atom stereocenters. The fraction of sp³-hybridized carbons (Fsp3) is 0.435. The van der Waals surface area contributed by atoms with E-state index in [0.29, 0.717) is 36.0 Å². The van der Waals surface area contributed by atoms with Crippen LogP contribution in [0.25, 0.3) is 0 Å². The maximum Gasteiger partial charge on any atom is 0.229 e. The van der Waals surface area contributed by atoms with E-state index in [4.69, 9.17) is 23.7 Å². The summed E-state index contributed by atoms with van der Waals surface area (Å²) in [6.07, 6.45) is -7.42. The van der Waals surface area contributed by atoms with Crippen LogP contribution in [0.1, 0.15) is 28.4 Å². The van der Waals surface area contributed by atoms with Crippen LogP contribution in [0.15, 0.2) is 36.4 Å². The number of Topliss-reactive ketones (excluding diaryl/α,β-unsaturated/α-hetero) is 1. The molecule has 10 heteroatoms. The molecule has 1 fully saturated rings. The normalized spacial score (nSPS) is 30.8. The van der Waals surface area contributed by atoms with E-state index in [1.807, 2.05) is 6.07 Å². The summed E-state index contributed by atoms with van der Waals surface area (Å²) in [5.74, 6) is 1.65. The van der Waals surface area contributed by atoms with Gasteiger partial charge in [-0.25, -0.2) is 0 Å². The highest BCUT2D eigenvalue weighted by atomic mass is 16.7. The van der Waals surface area contributed by atoms with E-state index in [1.54, 1.807) is 18.2 Å². The molecule has 2 aromatic rings. The average Bonchev–Trinajstić information content (AvgIpc) is 2.83. The number of fused-ring (bicyclic) bond motifs is 2. The number of carbonyl (C=O) groups is 1. The highest BCUT2D eigenvalue weighted by Crippen LogP contribution is 2.40. The SMILES string of the molecule is O=C1CC(c2ccc3c(c2)OCCO3)Oc2cc(OC3OC(CO)C(O)C(O)C3O)ccc21. The summed E-state index contributed by atoms with van der Waals surface area (Å²) in [7, 11) is 0. The molecule has 33 heavy (non-hydrogen) atoms. The Morgan fingerprint density at radius 2 is 1.70 bits per heavy atom. The number of aliphatic hydroxyl groups excluding tert-OH is 4. The van der Waals surface area contributed by atoms with E-state index < -0.39 is 43.4 Å². The Bertz CT molecular complexity index is 1040. The molecule has 1 saturated heterocycles. The zero-order valence-corrected chi connectivity index (χ0v) is 17.5. The molecule has 3 aliphatic heterocycles. The van der Waals surface area contributed by atoms with Crippen molar-refractivity contribution in [3.05, 3.63) is 47.5 Å². The third-order valence-corrected chi connectivity index (χ3v) is 5.93. The molecule has 0 bridgehead atoms. The molecule has 0 spiro atoms. The number of rotatable bonds is 4. The van der Waals surface area contributed by atoms with Crippen molar-refractivity contribution in [1.82, 2.24) is 0 Å². The Kier molecular flexibility index (Phi) is 5.85. The van der Waals surface area contributed by atoms with E-state index in [9.17, 15) is 25.2 Å². The van der Waals surface area contributed by atoms with Gasteiger partial charge in [-0.05, 0) is 29.8 Å². The van der Waals surface area contributed by atoms with Crippen molar-refractivity contribution in [2.75, 3.05) is 19.8 Å². The molecule has 0 aliphatic carbocycles. The first-order chi connectivity index (χ1) is 15.9. The topological polar surface area (TPSA) is 144 Å². The quantitative estimate of drug-likeness (QED) is 0.504. The fourth-order valence-electron chi connectivity index (χ4n) is 4.12. The second-order valence-electron chi connectivity index (χ2n) is 8.11. The molecule has 2 aromatic carbocycles. The number of hydrogen-bond donors (Lipinski definition) is 4. The summed E-state index contributed by atoms with van der Waals surface area (Å²) in [6, 6.07) is 9.98. The van der Waals surface area contributed by atoms with Gasteiger partial charge in [-0.3, -0.25) is 4.79 Å². The monoisotopic (exact) mass is 460 g/mol. The maximum absolute atomic E-state index is 12.7. The number of benzene rings is 2. The van der Waals surface area contributed by atoms with Crippen molar-refractivity contribution in [3.63, 3.8) is 0 Å². The largest absolute Gasteiger partial charge is 0.486 e. The van der Waals surface area contributed by atoms with Crippen molar-refractivity contribution in [2.45, 2.75) is 43.2 Å². The van der Waals surface area contributed by atoms with Gasteiger partial charge < -0.3 is 44.1 Å². The first-order valence-electron chi connectivity index (χ1n) is 10.6. The van der Waals surface area contributed by atoms with Crippen LogP contribution in [0, 0.1) is 0 Å². The van der Waals surface area contributed by atoms with Crippen LogP contribution < -0.4 is 18.9 Å². The molecule has 0 aromatic heterocycles. The Morgan fingerprint density at radius 1 is 0.909 bits per heavy atom. The van der Waals surface area contributed by atoms with E-state index in [0.717, 1.165) is 5.56 Å². The van der Waals surface area contributed by atoms with Gasteiger partial charge in [-0.2, -0.15) is 0 Å². The fourth-order valence-corrected chi connectivity index (χ4v) is 4.12. The lowest BCUT2D eigenvalue weighted by Crippen LogP contribution is -2.60. The first kappa shape index (κ1) is 21.9. The van der Waals surface area contributed by atoms with E-state index in [2.05, 4.69) is 0 Å². The zero-order valence-electron chi connectivity index (χ0n) is 17.5. The van der Waals surface area contributed by atoms with Gasteiger partial charge >= 0.3 is 0 Å². The molecule has 0 radical (unpaired) electrons. The summed E-state index contributed by atoms with van der Waals surface area (Å²) >= 11 is 0. The zero-order chi connectivity index (χ0) is 23.1. The number of ketones is 1. The highest BCUT2D eigenvalue weighted by Gasteiger charge is 2.44. The van der Waals surface area contributed by atoms with Crippen LogP contribution in [0.3, 0.4) is 0 Å². The van der Waals surface area contributed by atoms with Gasteiger partial charge in [-0.1, -0.05) is 6.07 Å². The third-order valence-electron chi connectivity index (χ3n) is 5.93. The minimum atomic E-state index is -1.56. The second kappa shape index (κ2) is 8.81. The molecule has 6 atom stereocenters. The molecule has 0 amide bonds. The molecule has 10 nitrogen and oxygen atoms in total. The molecular formula is C23H24O10. The van der Waals surface area contributed by atoms with E-state index >= 15 is 0 Å². The van der Waals surface area contributed by atoms with Crippen LogP contribution in [0.5, 0.6) is 23.0 Å². The summed E-state index contributed by atoms with van der Waals surface area (Å²) in [5.41, 5.74) is 1.16. The predicted octanol–water partition coefficient (Wildman–Crippen LogP) is 0.343. The van der Waals surface area contributed by atoms with Gasteiger partial charge in [0, 0.05) is 6.07 Å². The van der Waals surface area contributed by atoms with Crippen LogP contribution >= 0.6 is 0 Å². The van der Waals surface area contributed by atoms with Gasteiger partial charge in [0.15, 0.2) is 17.3 Å². The summed E-state index contributed by atoms with van der Waals surface area (Å²) in [6.45, 7) is 0.363. The lowest BCUT2D eigenvalue weighted by molar-refractivity contribution is -0.277. The van der Waals surface area contributed by atoms with Crippen molar-refractivity contribution in [1.29, 1.82) is 0 Å². The van der Waals surface area contributed by atoms with Crippen LogP contribution in [0.2, 0.25) is 0 Å². The Balaban J connectivity index is 1.36. The smallest absolute Gasteiger partial charge is 0.229 e. The van der Waals surface area contributed by atoms with Gasteiger partial charge in [0.2, 0.25) is 6.29 Å². The molecule has 4 N–H and O–H groups in total. The molecule has 0 saturated carbocycles. The third kappa shape index (κ3) is 4.11. The highest BCUT2D eigenvalue weighted by molar-refractivity contribution is 6.00. The summed E-state index contributed by atoms with van der Waals surface area (Å²) < 4.78 is 28.3. The minimum Gasteiger partial charge on any atom is -0.486 e. The number of aliphatic hydroxyl groups is 4. The molecule has 176 valence electrons. The summed E-state index contributed by atoms with van der Waals surface area (Å²) in [4.78, 5) is 12.7. The van der Waals surface area contributed by atoms with Crippen LogP contribution in [-0.4, -0.2) is 76.7 Å². The molecule has 3 heterocycles. The van der Waals surface area contributed by atoms with Crippen molar-refractivity contribution < 1.29 is 48.9 Å². The number of ether oxygens (including phenoxy) is 5. The predicted molar refractivity (Wildman–Crippen MR) is 111 cm³/mol. The summed E-state index contributed by atoms with van der Waals surface area (Å²) in [5, 5.41) is 39.4. The van der Waals surface area contributed by atoms with Crippen molar-refractivity contribution in [2.24, 2.45) is 0 Å². The second-order valence-corrected chi connectivity index (χ2v) is 8.11. The van der Waals surface area contributed by atoms with Gasteiger partial charge in [0.1, 0.15) is 55.2 Å². The average molecular weight is 460 g/mol. The maximum atomic E-state index is 12.7. The lowest BCUT2D eigenvalue weighted by Gasteiger charge is -2.39. The Labute approximate surface area is 188 Å². The first-order valence-corrected chi connectivity index (χ1v) is 10.6. The number of hydrogen-bond acceptors (Lipinski definition) is 10. The molecule has 3 aliphatic rings. The minimum absolute atomic E-state index is 0.101. The van der Waals surface area contributed by atoms with Gasteiger partial charge in [-0.15, -0.1) is 0 Å². The molecule has 5 rings (SSSR count). The lowest BCUT2D eigenvalue weighted by atomic mass is 9.96. The number of carbonyl (C=O) groups excluding carboxylic acids is 1. The van der Waals surface area contributed by atoms with Crippen molar-refractivity contribution >= 4 is 5.78 Å². The Morgan fingerprint density at radius 3 is 2.48 bits per heavy atom. The standard InChI is InChI=1S/C23H24O10/c24-10-19-20(26)21(27)22(28)23(33-19)31-12-2-3-13-14(25)9-16(32-17(13)8-12)11-1-4-15-18(7-11)30-6-5-29-15/h1-4,7-8,16,19-24,26-28H,5-6,9-10H2. The van der Waals surface area contributed by atoms with Crippen LogP contribution in [-0.2, 0) is 4.74 Å². The van der Waals surface area contributed by atoms with Gasteiger partial charge in [0.05, 0.1) is 18.6 Å². The van der Waals surface area contributed by atoms with Gasteiger partial charge in [0.25, 0.3) is 0 Å².